The van der Waals surface area contributed by atoms with E-state index in [9.17, 15) is 9.59 Å². The molecule has 2 aromatic carbocycles. The first kappa shape index (κ1) is 16.0. The van der Waals surface area contributed by atoms with Gasteiger partial charge >= 0.3 is 0 Å². The third-order valence-corrected chi connectivity index (χ3v) is 4.47. The second-order valence-corrected chi connectivity index (χ2v) is 6.60. The second-order valence-electron chi connectivity index (χ2n) is 5.28. The van der Waals surface area contributed by atoms with E-state index in [2.05, 4.69) is 21.2 Å². The van der Waals surface area contributed by atoms with E-state index in [1.54, 1.807) is 35.2 Å². The number of carbonyl (C=O) groups is 2. The van der Waals surface area contributed by atoms with Crippen LogP contribution in [0.3, 0.4) is 0 Å². The molecular formula is C17H14BrClN2O2. The van der Waals surface area contributed by atoms with Crippen molar-refractivity contribution in [2.75, 3.05) is 16.8 Å². The summed E-state index contributed by atoms with van der Waals surface area (Å²) in [6, 6.07) is 12.4. The third-order valence-electron chi connectivity index (χ3n) is 3.66. The maximum absolute atomic E-state index is 12.4. The van der Waals surface area contributed by atoms with Gasteiger partial charge in [0.15, 0.2) is 0 Å². The van der Waals surface area contributed by atoms with Crippen molar-refractivity contribution in [3.05, 3.63) is 57.5 Å². The standard InChI is InChI=1S/C17H14BrClN2O2/c18-11-6-7-14(15(19)9-11)17(23)20-12-3-1-4-13(10-12)21-8-2-5-16(21)22/h1,3-4,6-7,9-10H,2,5,8H2,(H,20,23). The average Bonchev–Trinajstić information content (AvgIpc) is 2.93. The van der Waals surface area contributed by atoms with Gasteiger partial charge in [-0.15, -0.1) is 0 Å². The van der Waals surface area contributed by atoms with Gasteiger partial charge in [-0.3, -0.25) is 9.59 Å². The van der Waals surface area contributed by atoms with Crippen LogP contribution >= 0.6 is 27.5 Å². The number of nitrogens with one attached hydrogen (secondary N) is 1. The molecule has 1 saturated heterocycles. The number of amides is 2. The van der Waals surface area contributed by atoms with Crippen LogP contribution in [0.2, 0.25) is 5.02 Å². The number of rotatable bonds is 3. The van der Waals surface area contributed by atoms with Crippen molar-refractivity contribution in [2.24, 2.45) is 0 Å². The Balaban J connectivity index is 1.80. The number of anilines is 2. The van der Waals surface area contributed by atoms with E-state index in [0.717, 1.165) is 23.1 Å². The highest BCUT2D eigenvalue weighted by molar-refractivity contribution is 9.10. The Morgan fingerprint density at radius 1 is 1.22 bits per heavy atom. The molecule has 6 heteroatoms. The fourth-order valence-corrected chi connectivity index (χ4v) is 3.30. The Bertz CT molecular complexity index is 779. The Labute approximate surface area is 147 Å². The lowest BCUT2D eigenvalue weighted by atomic mass is 10.2. The van der Waals surface area contributed by atoms with Crippen LogP contribution in [0.25, 0.3) is 0 Å². The summed E-state index contributed by atoms with van der Waals surface area (Å²) in [5.41, 5.74) is 1.83. The average molecular weight is 394 g/mol. The van der Waals surface area contributed by atoms with Crippen LogP contribution in [-0.4, -0.2) is 18.4 Å². The highest BCUT2D eigenvalue weighted by Gasteiger charge is 2.22. The van der Waals surface area contributed by atoms with E-state index >= 15 is 0 Å². The molecule has 0 bridgehead atoms. The van der Waals surface area contributed by atoms with Crippen molar-refractivity contribution >= 4 is 50.7 Å². The quantitative estimate of drug-likeness (QED) is 0.836. The number of nitrogens with zero attached hydrogens (tertiary/aromatic N) is 1. The van der Waals surface area contributed by atoms with Crippen molar-refractivity contribution in [3.63, 3.8) is 0 Å². The molecule has 0 unspecified atom stereocenters. The van der Waals surface area contributed by atoms with Gasteiger partial charge in [0, 0.05) is 28.8 Å². The number of benzene rings is 2. The Morgan fingerprint density at radius 3 is 2.74 bits per heavy atom. The van der Waals surface area contributed by atoms with Crippen LogP contribution in [0.5, 0.6) is 0 Å². The SMILES string of the molecule is O=C(Nc1cccc(N2CCCC2=O)c1)c1ccc(Br)cc1Cl. The third kappa shape index (κ3) is 3.57. The van der Waals surface area contributed by atoms with Gasteiger partial charge in [-0.1, -0.05) is 33.6 Å². The fraction of sp³-hybridized carbons (Fsp3) is 0.176. The molecule has 2 amide bonds. The minimum Gasteiger partial charge on any atom is -0.322 e. The minimum atomic E-state index is -0.285. The zero-order valence-corrected chi connectivity index (χ0v) is 14.5. The maximum atomic E-state index is 12.4. The lowest BCUT2D eigenvalue weighted by Gasteiger charge is -2.17. The van der Waals surface area contributed by atoms with E-state index < -0.39 is 0 Å². The van der Waals surface area contributed by atoms with E-state index in [4.69, 9.17) is 11.6 Å². The Kier molecular flexibility index (Phi) is 4.68. The minimum absolute atomic E-state index is 0.115. The van der Waals surface area contributed by atoms with Crippen molar-refractivity contribution < 1.29 is 9.59 Å². The van der Waals surface area contributed by atoms with Crippen LogP contribution < -0.4 is 10.2 Å². The molecule has 23 heavy (non-hydrogen) atoms. The predicted molar refractivity (Wildman–Crippen MR) is 95.1 cm³/mol. The molecule has 0 saturated carbocycles. The van der Waals surface area contributed by atoms with Crippen molar-refractivity contribution in [2.45, 2.75) is 12.8 Å². The van der Waals surface area contributed by atoms with Crippen LogP contribution in [0.4, 0.5) is 11.4 Å². The molecule has 0 atom stereocenters. The zero-order chi connectivity index (χ0) is 16.4. The van der Waals surface area contributed by atoms with Gasteiger partial charge in [-0.05, 0) is 42.8 Å². The highest BCUT2D eigenvalue weighted by Crippen LogP contribution is 2.26. The summed E-state index contributed by atoms with van der Waals surface area (Å²) in [6.07, 6.45) is 1.44. The smallest absolute Gasteiger partial charge is 0.257 e. The largest absolute Gasteiger partial charge is 0.322 e. The Morgan fingerprint density at radius 2 is 2.04 bits per heavy atom. The molecule has 1 fully saturated rings. The van der Waals surface area contributed by atoms with Gasteiger partial charge in [0.25, 0.3) is 5.91 Å². The fourth-order valence-electron chi connectivity index (χ4n) is 2.54. The number of hydrogen-bond acceptors (Lipinski definition) is 2. The van der Waals surface area contributed by atoms with Crippen LogP contribution in [-0.2, 0) is 4.79 Å². The summed E-state index contributed by atoms with van der Waals surface area (Å²) >= 11 is 9.41. The molecule has 1 heterocycles. The summed E-state index contributed by atoms with van der Waals surface area (Å²) in [4.78, 5) is 25.9. The molecule has 4 nitrogen and oxygen atoms in total. The van der Waals surface area contributed by atoms with Crippen molar-refractivity contribution in [1.82, 2.24) is 0 Å². The molecule has 0 radical (unpaired) electrons. The second kappa shape index (κ2) is 6.72. The normalized spacial score (nSPS) is 14.2. The van der Waals surface area contributed by atoms with Gasteiger partial charge in [-0.2, -0.15) is 0 Å². The van der Waals surface area contributed by atoms with Crippen molar-refractivity contribution in [1.29, 1.82) is 0 Å². The molecule has 2 aromatic rings. The van der Waals surface area contributed by atoms with E-state index in [0.29, 0.717) is 22.7 Å². The van der Waals surface area contributed by atoms with Crippen molar-refractivity contribution in [3.8, 4) is 0 Å². The number of halogens is 2. The maximum Gasteiger partial charge on any atom is 0.257 e. The highest BCUT2D eigenvalue weighted by atomic mass is 79.9. The summed E-state index contributed by atoms with van der Waals surface area (Å²) in [5, 5.41) is 3.20. The topological polar surface area (TPSA) is 49.4 Å². The van der Waals surface area contributed by atoms with Gasteiger partial charge < -0.3 is 10.2 Å². The van der Waals surface area contributed by atoms with Crippen LogP contribution in [0.15, 0.2) is 46.9 Å². The molecule has 118 valence electrons. The first-order chi connectivity index (χ1) is 11.0. The van der Waals surface area contributed by atoms with Gasteiger partial charge in [0.1, 0.15) is 0 Å². The Hall–Kier alpha value is -1.85. The van der Waals surface area contributed by atoms with Gasteiger partial charge in [0.2, 0.25) is 5.91 Å². The molecule has 0 aliphatic carbocycles. The first-order valence-corrected chi connectivity index (χ1v) is 8.38. The first-order valence-electron chi connectivity index (χ1n) is 7.21. The van der Waals surface area contributed by atoms with E-state index in [1.807, 2.05) is 12.1 Å². The monoisotopic (exact) mass is 392 g/mol. The van der Waals surface area contributed by atoms with E-state index in [1.165, 1.54) is 0 Å². The summed E-state index contributed by atoms with van der Waals surface area (Å²) in [5.74, 6) is -0.170. The van der Waals surface area contributed by atoms with E-state index in [-0.39, 0.29) is 11.8 Å². The molecule has 1 aliphatic rings. The summed E-state index contributed by atoms with van der Waals surface area (Å²) in [6.45, 7) is 0.717. The molecule has 1 N–H and O–H groups in total. The molecule has 1 aliphatic heterocycles. The molecular weight excluding hydrogens is 380 g/mol. The molecule has 3 rings (SSSR count). The van der Waals surface area contributed by atoms with Gasteiger partial charge in [0.05, 0.1) is 10.6 Å². The lowest BCUT2D eigenvalue weighted by Crippen LogP contribution is -2.23. The zero-order valence-electron chi connectivity index (χ0n) is 12.2. The summed E-state index contributed by atoms with van der Waals surface area (Å²) < 4.78 is 0.814. The molecule has 0 spiro atoms. The van der Waals surface area contributed by atoms with Crippen LogP contribution in [0.1, 0.15) is 23.2 Å². The van der Waals surface area contributed by atoms with Crippen LogP contribution in [0, 0.1) is 0 Å². The lowest BCUT2D eigenvalue weighted by molar-refractivity contribution is -0.117. The van der Waals surface area contributed by atoms with Gasteiger partial charge in [-0.25, -0.2) is 0 Å². The summed E-state index contributed by atoms with van der Waals surface area (Å²) in [7, 11) is 0. The predicted octanol–water partition coefficient (Wildman–Crippen LogP) is 4.48. The molecule has 0 aromatic heterocycles. The number of carbonyl (C=O) groups excluding carboxylic acids is 2. The number of hydrogen-bond donors (Lipinski definition) is 1.